The van der Waals surface area contributed by atoms with E-state index in [1.54, 1.807) is 0 Å². The summed E-state index contributed by atoms with van der Waals surface area (Å²) >= 11 is 0. The highest BCUT2D eigenvalue weighted by Gasteiger charge is 2.17. The first-order valence-electron chi connectivity index (χ1n) is 4.11. The van der Waals surface area contributed by atoms with E-state index in [4.69, 9.17) is 0 Å². The van der Waals surface area contributed by atoms with Crippen LogP contribution in [0.5, 0.6) is 0 Å². The van der Waals surface area contributed by atoms with E-state index in [0.717, 1.165) is 11.6 Å². The van der Waals surface area contributed by atoms with E-state index in [0.29, 0.717) is 0 Å². The van der Waals surface area contributed by atoms with Gasteiger partial charge >= 0.3 is 0 Å². The first-order valence-corrected chi connectivity index (χ1v) is 4.78. The van der Waals surface area contributed by atoms with Gasteiger partial charge in [0.1, 0.15) is 0 Å². The second-order valence-corrected chi connectivity index (χ2v) is 4.40. The quantitative estimate of drug-likeness (QED) is 0.404. The van der Waals surface area contributed by atoms with Crippen molar-refractivity contribution in [3.05, 3.63) is 12.2 Å². The first kappa shape index (κ1) is 8.27. The van der Waals surface area contributed by atoms with Crippen LogP contribution >= 0.6 is 9.24 Å². The highest BCUT2D eigenvalue weighted by molar-refractivity contribution is 7.17. The second kappa shape index (κ2) is 3.53. The Bertz CT molecular complexity index is 121. The smallest absolute Gasteiger partial charge is 0.0208 e. The summed E-state index contributed by atoms with van der Waals surface area (Å²) in [6.07, 6.45) is 5.48. The summed E-state index contributed by atoms with van der Waals surface area (Å²) in [4.78, 5) is 0. The van der Waals surface area contributed by atoms with Crippen molar-refractivity contribution in [1.29, 1.82) is 0 Å². The maximum atomic E-state index is 4.00. The Labute approximate surface area is 66.3 Å². The van der Waals surface area contributed by atoms with Crippen LogP contribution in [0.15, 0.2) is 12.2 Å². The molecule has 1 saturated carbocycles. The van der Waals surface area contributed by atoms with Gasteiger partial charge in [0, 0.05) is 0 Å². The van der Waals surface area contributed by atoms with E-state index in [9.17, 15) is 0 Å². The topological polar surface area (TPSA) is 0 Å². The Morgan fingerprint density at radius 1 is 1.30 bits per heavy atom. The number of allylic oxidation sites excluding steroid dienone is 1. The van der Waals surface area contributed by atoms with Gasteiger partial charge in [-0.05, 0) is 44.2 Å². The predicted molar refractivity (Wildman–Crippen MR) is 50.3 cm³/mol. The van der Waals surface area contributed by atoms with E-state index in [1.807, 2.05) is 0 Å². The zero-order valence-electron chi connectivity index (χ0n) is 6.77. The highest BCUT2D eigenvalue weighted by Crippen LogP contribution is 2.32. The molecule has 0 aromatic rings. The molecule has 10 heavy (non-hydrogen) atoms. The molecule has 0 aromatic carbocycles. The van der Waals surface area contributed by atoms with Gasteiger partial charge in [-0.1, -0.05) is 12.2 Å². The molecule has 0 nitrogen and oxygen atoms in total. The van der Waals surface area contributed by atoms with Crippen LogP contribution in [0.2, 0.25) is 0 Å². The molecule has 0 saturated heterocycles. The third-order valence-corrected chi connectivity index (χ3v) is 3.14. The lowest BCUT2D eigenvalue weighted by Crippen LogP contribution is -2.14. The average molecular weight is 156 g/mol. The molecule has 0 N–H and O–H groups in total. The molecular formula is C9H17P. The summed E-state index contributed by atoms with van der Waals surface area (Å²) in [7, 11) is 2.92. The molecule has 58 valence electrons. The minimum absolute atomic E-state index is 0.830. The zero-order chi connectivity index (χ0) is 7.56. The third kappa shape index (κ3) is 2.09. The van der Waals surface area contributed by atoms with Crippen molar-refractivity contribution >= 4 is 9.24 Å². The van der Waals surface area contributed by atoms with Crippen LogP contribution < -0.4 is 0 Å². The third-order valence-electron chi connectivity index (χ3n) is 2.47. The summed E-state index contributed by atoms with van der Waals surface area (Å²) < 4.78 is 0. The van der Waals surface area contributed by atoms with Gasteiger partial charge in [-0.2, -0.15) is 0 Å². The molecule has 1 unspecified atom stereocenters. The lowest BCUT2D eigenvalue weighted by Gasteiger charge is -2.25. The molecule has 0 radical (unpaired) electrons. The SMILES string of the molecule is C=C(C)C1CCC(P)CC1. The lowest BCUT2D eigenvalue weighted by atomic mass is 9.85. The number of rotatable bonds is 1. The number of hydrogen-bond acceptors (Lipinski definition) is 0. The fraction of sp³-hybridized carbons (Fsp3) is 0.778. The van der Waals surface area contributed by atoms with Gasteiger partial charge in [0.15, 0.2) is 0 Å². The average Bonchev–Trinajstić information content (AvgIpc) is 1.88. The van der Waals surface area contributed by atoms with E-state index < -0.39 is 0 Å². The maximum absolute atomic E-state index is 4.00. The summed E-state index contributed by atoms with van der Waals surface area (Å²) in [5, 5.41) is 0. The Balaban J connectivity index is 2.33. The summed E-state index contributed by atoms with van der Waals surface area (Å²) in [5.41, 5.74) is 2.27. The van der Waals surface area contributed by atoms with E-state index >= 15 is 0 Å². The van der Waals surface area contributed by atoms with Crippen molar-refractivity contribution in [1.82, 2.24) is 0 Å². The molecule has 0 heterocycles. The van der Waals surface area contributed by atoms with Crippen LogP contribution in [-0.2, 0) is 0 Å². The lowest BCUT2D eigenvalue weighted by molar-refractivity contribution is 0.412. The summed E-state index contributed by atoms with van der Waals surface area (Å²) in [6, 6.07) is 0. The Morgan fingerprint density at radius 3 is 2.20 bits per heavy atom. The molecule has 1 atom stereocenters. The molecule has 0 aliphatic heterocycles. The Kier molecular flexibility index (Phi) is 2.92. The monoisotopic (exact) mass is 156 g/mol. The zero-order valence-corrected chi connectivity index (χ0v) is 7.92. The molecule has 1 rings (SSSR count). The van der Waals surface area contributed by atoms with Crippen LogP contribution in [0.1, 0.15) is 32.6 Å². The van der Waals surface area contributed by atoms with Gasteiger partial charge < -0.3 is 0 Å². The van der Waals surface area contributed by atoms with Crippen LogP contribution in [0, 0.1) is 5.92 Å². The van der Waals surface area contributed by atoms with E-state index in [2.05, 4.69) is 22.7 Å². The largest absolute Gasteiger partial charge is 0.134 e. The van der Waals surface area contributed by atoms with Crippen molar-refractivity contribution in [2.24, 2.45) is 5.92 Å². The molecule has 1 heteroatoms. The normalized spacial score (nSPS) is 33.8. The van der Waals surface area contributed by atoms with Crippen molar-refractivity contribution in [2.45, 2.75) is 38.3 Å². The van der Waals surface area contributed by atoms with Gasteiger partial charge in [-0.3, -0.25) is 0 Å². The molecule has 1 aliphatic carbocycles. The van der Waals surface area contributed by atoms with Crippen LogP contribution in [0.3, 0.4) is 0 Å². The molecule has 0 amide bonds. The summed E-state index contributed by atoms with van der Waals surface area (Å²) in [5.74, 6) is 0.830. The van der Waals surface area contributed by atoms with Crippen LogP contribution in [0.4, 0.5) is 0 Å². The van der Waals surface area contributed by atoms with Gasteiger partial charge in [0.05, 0.1) is 0 Å². The van der Waals surface area contributed by atoms with Crippen molar-refractivity contribution in [3.8, 4) is 0 Å². The Hall–Kier alpha value is 0.170. The highest BCUT2D eigenvalue weighted by atomic mass is 31.0. The molecule has 0 bridgehead atoms. The van der Waals surface area contributed by atoms with Gasteiger partial charge in [-0.15, -0.1) is 9.24 Å². The predicted octanol–water partition coefficient (Wildman–Crippen LogP) is 3.00. The molecule has 0 aromatic heterocycles. The fourth-order valence-corrected chi connectivity index (χ4v) is 2.00. The second-order valence-electron chi connectivity index (χ2n) is 3.46. The Morgan fingerprint density at radius 2 is 1.80 bits per heavy atom. The maximum Gasteiger partial charge on any atom is -0.0208 e. The van der Waals surface area contributed by atoms with Crippen molar-refractivity contribution in [2.75, 3.05) is 0 Å². The summed E-state index contributed by atoms with van der Waals surface area (Å²) in [6.45, 7) is 6.16. The van der Waals surface area contributed by atoms with Crippen LogP contribution in [0.25, 0.3) is 0 Å². The molecular weight excluding hydrogens is 139 g/mol. The molecule has 0 spiro atoms. The fourth-order valence-electron chi connectivity index (χ4n) is 1.61. The van der Waals surface area contributed by atoms with Gasteiger partial charge in [-0.25, -0.2) is 0 Å². The molecule has 1 fully saturated rings. The van der Waals surface area contributed by atoms with Crippen molar-refractivity contribution < 1.29 is 0 Å². The van der Waals surface area contributed by atoms with Gasteiger partial charge in [0.25, 0.3) is 0 Å². The minimum atomic E-state index is 0.830. The minimum Gasteiger partial charge on any atom is -0.134 e. The van der Waals surface area contributed by atoms with Crippen molar-refractivity contribution in [3.63, 3.8) is 0 Å². The number of hydrogen-bond donors (Lipinski definition) is 0. The standard InChI is InChI=1S/C9H17P/c1-7(2)8-3-5-9(10)6-4-8/h8-9H,1,3-6,10H2,2H3. The van der Waals surface area contributed by atoms with Gasteiger partial charge in [0.2, 0.25) is 0 Å². The van der Waals surface area contributed by atoms with E-state index in [-0.39, 0.29) is 0 Å². The van der Waals surface area contributed by atoms with Crippen LogP contribution in [-0.4, -0.2) is 5.66 Å². The van der Waals surface area contributed by atoms with E-state index in [1.165, 1.54) is 31.3 Å². The first-order chi connectivity index (χ1) is 4.70. The molecule has 1 aliphatic rings.